The van der Waals surface area contributed by atoms with Crippen molar-refractivity contribution >= 4 is 21.6 Å². The molecule has 1 fully saturated rings. The first-order valence-electron chi connectivity index (χ1n) is 8.70. The fourth-order valence-electron chi connectivity index (χ4n) is 2.68. The van der Waals surface area contributed by atoms with Gasteiger partial charge in [0.2, 0.25) is 10.0 Å². The molecule has 0 aromatic heterocycles. The first kappa shape index (κ1) is 20.7. The van der Waals surface area contributed by atoms with E-state index in [4.69, 9.17) is 14.7 Å². The maximum atomic E-state index is 14.2. The van der Waals surface area contributed by atoms with Crippen molar-refractivity contribution in [3.63, 3.8) is 0 Å². The molecule has 3 rings (SSSR count). The molecule has 1 heterocycles. The number of carbonyl (C=O) groups is 1. The molecule has 152 valence electrons. The van der Waals surface area contributed by atoms with Gasteiger partial charge >= 0.3 is 0 Å². The summed E-state index contributed by atoms with van der Waals surface area (Å²) in [7, 11) is -4.04. The standard InChI is InChI=1S/C19H18FN3O5S/c20-17-6-3-15(11-18(17)29(25,26)23-7-9-27-10-8-23)22-19(24)13-28-16-4-1-14(12-21)2-5-16/h1-6,11H,7-10,13H2,(H,22,24). The van der Waals surface area contributed by atoms with E-state index in [1.165, 1.54) is 6.07 Å². The molecule has 1 N–H and O–H groups in total. The lowest BCUT2D eigenvalue weighted by Crippen LogP contribution is -2.40. The summed E-state index contributed by atoms with van der Waals surface area (Å²) < 4.78 is 51.1. The van der Waals surface area contributed by atoms with Gasteiger partial charge in [0, 0.05) is 18.8 Å². The van der Waals surface area contributed by atoms with Gasteiger partial charge < -0.3 is 14.8 Å². The van der Waals surface area contributed by atoms with Gasteiger partial charge in [0.15, 0.2) is 6.61 Å². The number of nitriles is 1. The summed E-state index contributed by atoms with van der Waals surface area (Å²) >= 11 is 0. The Labute approximate surface area is 167 Å². The van der Waals surface area contributed by atoms with E-state index in [2.05, 4.69) is 5.32 Å². The lowest BCUT2D eigenvalue weighted by molar-refractivity contribution is -0.118. The summed E-state index contributed by atoms with van der Waals surface area (Å²) in [5, 5.41) is 11.2. The molecule has 10 heteroatoms. The molecule has 2 aromatic carbocycles. The summed E-state index contributed by atoms with van der Waals surface area (Å²) in [6.45, 7) is 0.413. The van der Waals surface area contributed by atoms with Crippen molar-refractivity contribution in [1.82, 2.24) is 4.31 Å². The molecule has 2 aromatic rings. The second-order valence-electron chi connectivity index (χ2n) is 6.13. The van der Waals surface area contributed by atoms with Gasteiger partial charge in [-0.05, 0) is 42.5 Å². The Morgan fingerprint density at radius 2 is 1.90 bits per heavy atom. The van der Waals surface area contributed by atoms with Crippen LogP contribution >= 0.6 is 0 Å². The molecule has 0 spiro atoms. The monoisotopic (exact) mass is 419 g/mol. The van der Waals surface area contributed by atoms with Gasteiger partial charge in [-0.15, -0.1) is 0 Å². The summed E-state index contributed by atoms with van der Waals surface area (Å²) in [6.07, 6.45) is 0. The maximum Gasteiger partial charge on any atom is 0.262 e. The normalized spacial score (nSPS) is 14.8. The third-order valence-corrected chi connectivity index (χ3v) is 6.07. The van der Waals surface area contributed by atoms with E-state index < -0.39 is 26.6 Å². The van der Waals surface area contributed by atoms with Crippen molar-refractivity contribution in [2.75, 3.05) is 38.2 Å². The SMILES string of the molecule is N#Cc1ccc(OCC(=O)Nc2ccc(F)c(S(=O)(=O)N3CCOCC3)c2)cc1. The molecule has 1 aliphatic heterocycles. The number of nitrogens with one attached hydrogen (secondary N) is 1. The van der Waals surface area contributed by atoms with Gasteiger partial charge in [-0.1, -0.05) is 0 Å². The van der Waals surface area contributed by atoms with Crippen LogP contribution in [0.5, 0.6) is 5.75 Å². The van der Waals surface area contributed by atoms with Gasteiger partial charge in [-0.25, -0.2) is 12.8 Å². The minimum Gasteiger partial charge on any atom is -0.484 e. The molecular formula is C19H18FN3O5S. The van der Waals surface area contributed by atoms with Crippen LogP contribution in [0.1, 0.15) is 5.56 Å². The predicted octanol–water partition coefficient (Wildman–Crippen LogP) is 1.74. The topological polar surface area (TPSA) is 109 Å². The van der Waals surface area contributed by atoms with E-state index >= 15 is 0 Å². The Kier molecular flexibility index (Phi) is 6.43. The van der Waals surface area contributed by atoms with Crippen LogP contribution in [0.15, 0.2) is 47.4 Å². The summed E-state index contributed by atoms with van der Waals surface area (Å²) in [4.78, 5) is 11.6. The molecule has 0 atom stereocenters. The number of benzene rings is 2. The number of morpholine rings is 1. The molecule has 1 amide bonds. The number of ether oxygens (including phenoxy) is 2. The van der Waals surface area contributed by atoms with E-state index in [9.17, 15) is 17.6 Å². The van der Waals surface area contributed by atoms with Gasteiger partial charge in [0.25, 0.3) is 5.91 Å². The number of halogens is 1. The van der Waals surface area contributed by atoms with E-state index in [-0.39, 0.29) is 38.6 Å². The lowest BCUT2D eigenvalue weighted by atomic mass is 10.2. The zero-order valence-electron chi connectivity index (χ0n) is 15.3. The van der Waals surface area contributed by atoms with Crippen LogP contribution in [0, 0.1) is 17.1 Å². The lowest BCUT2D eigenvalue weighted by Gasteiger charge is -2.26. The van der Waals surface area contributed by atoms with Crippen LogP contribution in [0.25, 0.3) is 0 Å². The molecule has 0 saturated carbocycles. The van der Waals surface area contributed by atoms with Crippen molar-refractivity contribution in [3.05, 3.63) is 53.8 Å². The zero-order chi connectivity index (χ0) is 20.9. The quantitative estimate of drug-likeness (QED) is 0.764. The van der Waals surface area contributed by atoms with Gasteiger partial charge in [0.05, 0.1) is 24.8 Å². The average Bonchev–Trinajstić information content (AvgIpc) is 2.74. The minimum absolute atomic E-state index is 0.131. The molecule has 0 aliphatic carbocycles. The van der Waals surface area contributed by atoms with Crippen molar-refractivity contribution in [1.29, 1.82) is 5.26 Å². The Balaban J connectivity index is 1.67. The van der Waals surface area contributed by atoms with E-state index in [0.717, 1.165) is 16.4 Å². The molecule has 0 bridgehead atoms. The van der Waals surface area contributed by atoms with Crippen LogP contribution in [-0.2, 0) is 19.6 Å². The summed E-state index contributed by atoms with van der Waals surface area (Å²) in [5.74, 6) is -1.05. The van der Waals surface area contributed by atoms with Gasteiger partial charge in [-0.2, -0.15) is 9.57 Å². The second-order valence-corrected chi connectivity index (χ2v) is 8.04. The van der Waals surface area contributed by atoms with Crippen LogP contribution in [0.3, 0.4) is 0 Å². The molecule has 8 nitrogen and oxygen atoms in total. The van der Waals surface area contributed by atoms with Crippen molar-refractivity contribution in [2.45, 2.75) is 4.90 Å². The number of carbonyl (C=O) groups excluding carboxylic acids is 1. The number of sulfonamides is 1. The first-order chi connectivity index (χ1) is 13.9. The summed E-state index contributed by atoms with van der Waals surface area (Å²) in [5.41, 5.74) is 0.591. The zero-order valence-corrected chi connectivity index (χ0v) is 16.1. The van der Waals surface area contributed by atoms with Crippen molar-refractivity contribution in [2.24, 2.45) is 0 Å². The Morgan fingerprint density at radius 1 is 1.21 bits per heavy atom. The second kappa shape index (κ2) is 9.00. The number of nitrogens with zero attached hydrogens (tertiary/aromatic N) is 2. The molecule has 0 unspecified atom stereocenters. The number of anilines is 1. The van der Waals surface area contributed by atoms with Crippen LogP contribution < -0.4 is 10.1 Å². The van der Waals surface area contributed by atoms with Crippen LogP contribution in [-0.4, -0.2) is 51.5 Å². The van der Waals surface area contributed by atoms with Crippen LogP contribution in [0.4, 0.5) is 10.1 Å². The van der Waals surface area contributed by atoms with Crippen LogP contribution in [0.2, 0.25) is 0 Å². The highest BCUT2D eigenvalue weighted by atomic mass is 32.2. The average molecular weight is 419 g/mol. The third kappa shape index (κ3) is 5.08. The molecule has 1 aliphatic rings. The van der Waals surface area contributed by atoms with Crippen molar-refractivity contribution < 1.29 is 27.1 Å². The number of hydrogen-bond acceptors (Lipinski definition) is 6. The number of amides is 1. The van der Waals surface area contributed by atoms with Gasteiger partial charge in [0.1, 0.15) is 16.5 Å². The van der Waals surface area contributed by atoms with E-state index in [0.29, 0.717) is 11.3 Å². The van der Waals surface area contributed by atoms with E-state index in [1.54, 1.807) is 24.3 Å². The molecule has 0 radical (unpaired) electrons. The number of hydrogen-bond donors (Lipinski definition) is 1. The Hall–Kier alpha value is -3.00. The molecule has 1 saturated heterocycles. The van der Waals surface area contributed by atoms with Gasteiger partial charge in [-0.3, -0.25) is 4.79 Å². The minimum atomic E-state index is -4.04. The maximum absolute atomic E-state index is 14.2. The van der Waals surface area contributed by atoms with Crippen molar-refractivity contribution in [3.8, 4) is 11.8 Å². The third-order valence-electron chi connectivity index (χ3n) is 4.16. The largest absolute Gasteiger partial charge is 0.484 e. The number of rotatable bonds is 6. The Morgan fingerprint density at radius 3 is 2.55 bits per heavy atom. The highest BCUT2D eigenvalue weighted by Crippen LogP contribution is 2.24. The fraction of sp³-hybridized carbons (Fsp3) is 0.263. The first-order valence-corrected chi connectivity index (χ1v) is 10.1. The molecule has 29 heavy (non-hydrogen) atoms. The highest BCUT2D eigenvalue weighted by molar-refractivity contribution is 7.89. The van der Waals surface area contributed by atoms with E-state index in [1.807, 2.05) is 6.07 Å². The smallest absolute Gasteiger partial charge is 0.262 e. The highest BCUT2D eigenvalue weighted by Gasteiger charge is 2.29. The fourth-order valence-corrected chi connectivity index (χ4v) is 4.17. The summed E-state index contributed by atoms with van der Waals surface area (Å²) in [6, 6.07) is 11.5. The Bertz CT molecular complexity index is 1030. The molecular weight excluding hydrogens is 401 g/mol. The predicted molar refractivity (Wildman–Crippen MR) is 101 cm³/mol.